The first-order valence-corrected chi connectivity index (χ1v) is 6.85. The van der Waals surface area contributed by atoms with Gasteiger partial charge in [-0.2, -0.15) is 13.2 Å². The first-order valence-electron chi connectivity index (χ1n) is 5.98. The van der Waals surface area contributed by atoms with Crippen LogP contribution in [0.1, 0.15) is 11.3 Å². The van der Waals surface area contributed by atoms with Crippen molar-refractivity contribution < 1.29 is 18.0 Å². The lowest BCUT2D eigenvalue weighted by Crippen LogP contribution is -2.15. The number of anilines is 2. The van der Waals surface area contributed by atoms with Crippen molar-refractivity contribution in [1.29, 1.82) is 0 Å². The van der Waals surface area contributed by atoms with E-state index >= 15 is 0 Å². The van der Waals surface area contributed by atoms with Crippen molar-refractivity contribution in [1.82, 2.24) is 4.98 Å². The molecule has 0 aliphatic heterocycles. The molecule has 0 bridgehead atoms. The molecular formula is C13H12F3N3OS. The third-order valence-corrected chi connectivity index (χ3v) is 3.49. The normalized spacial score (nSPS) is 11.2. The minimum atomic E-state index is -4.43. The van der Waals surface area contributed by atoms with Crippen molar-refractivity contribution in [3.05, 3.63) is 40.9 Å². The van der Waals surface area contributed by atoms with E-state index in [0.717, 1.165) is 12.1 Å². The van der Waals surface area contributed by atoms with Crippen molar-refractivity contribution in [2.24, 2.45) is 0 Å². The molecule has 1 aromatic heterocycles. The number of rotatable bonds is 4. The Hall–Kier alpha value is -2.09. The minimum absolute atomic E-state index is 0.00836. The number of carbonyl (C=O) groups excluding carboxylic acids is 1. The summed E-state index contributed by atoms with van der Waals surface area (Å²) >= 11 is 1.35. The summed E-state index contributed by atoms with van der Waals surface area (Å²) in [7, 11) is 1.71. The highest BCUT2D eigenvalue weighted by molar-refractivity contribution is 7.13. The number of benzene rings is 1. The SMILES string of the molecule is CNc1nc(CC(=O)Nc2cccc(C(F)(F)F)c2)cs1. The standard InChI is InChI=1S/C13H12F3N3OS/c1-17-12-19-10(7-21-12)6-11(20)18-9-4-2-3-8(5-9)13(14,15)16/h2-5,7H,6H2,1H3,(H,17,19)(H,18,20). The van der Waals surface area contributed by atoms with Crippen LogP contribution in [0.3, 0.4) is 0 Å². The van der Waals surface area contributed by atoms with Gasteiger partial charge in [0.05, 0.1) is 17.7 Å². The Bertz CT molecular complexity index is 640. The Balaban J connectivity index is 2.02. The van der Waals surface area contributed by atoms with Crippen LogP contribution in [0.25, 0.3) is 0 Å². The van der Waals surface area contributed by atoms with Crippen LogP contribution in [-0.4, -0.2) is 17.9 Å². The first kappa shape index (κ1) is 15.3. The molecule has 0 aliphatic carbocycles. The van der Waals surface area contributed by atoms with Gasteiger partial charge in [-0.15, -0.1) is 11.3 Å². The summed E-state index contributed by atoms with van der Waals surface area (Å²) in [6.45, 7) is 0. The summed E-state index contributed by atoms with van der Waals surface area (Å²) in [6, 6.07) is 4.51. The zero-order chi connectivity index (χ0) is 15.5. The van der Waals surface area contributed by atoms with Gasteiger partial charge in [0.15, 0.2) is 5.13 Å². The number of alkyl halides is 3. The van der Waals surface area contributed by atoms with Gasteiger partial charge >= 0.3 is 6.18 Å². The van der Waals surface area contributed by atoms with E-state index in [1.165, 1.54) is 23.5 Å². The van der Waals surface area contributed by atoms with E-state index in [9.17, 15) is 18.0 Å². The number of thiazole rings is 1. The number of aromatic nitrogens is 1. The van der Waals surface area contributed by atoms with Gasteiger partial charge in [0.1, 0.15) is 0 Å². The van der Waals surface area contributed by atoms with Crippen LogP contribution in [0.5, 0.6) is 0 Å². The number of hydrogen-bond donors (Lipinski definition) is 2. The van der Waals surface area contributed by atoms with E-state index in [2.05, 4.69) is 15.6 Å². The third kappa shape index (κ3) is 4.19. The molecular weight excluding hydrogens is 303 g/mol. The Morgan fingerprint density at radius 3 is 2.76 bits per heavy atom. The molecule has 0 saturated heterocycles. The minimum Gasteiger partial charge on any atom is -0.365 e. The number of amides is 1. The van der Waals surface area contributed by atoms with Crippen LogP contribution in [0, 0.1) is 0 Å². The van der Waals surface area contributed by atoms with E-state index < -0.39 is 17.6 Å². The molecule has 4 nitrogen and oxygen atoms in total. The maximum atomic E-state index is 12.6. The molecule has 0 saturated carbocycles. The Labute approximate surface area is 123 Å². The third-order valence-electron chi connectivity index (χ3n) is 2.58. The Morgan fingerprint density at radius 2 is 2.14 bits per heavy atom. The molecule has 0 aliphatic rings. The predicted octanol–water partition coefficient (Wildman–Crippen LogP) is 3.38. The topological polar surface area (TPSA) is 54.0 Å². The average molecular weight is 315 g/mol. The number of nitrogens with zero attached hydrogens (tertiary/aromatic N) is 1. The Kier molecular flexibility index (Phi) is 4.46. The van der Waals surface area contributed by atoms with Gasteiger partial charge in [-0.25, -0.2) is 4.98 Å². The molecule has 1 amide bonds. The van der Waals surface area contributed by atoms with Crippen LogP contribution in [-0.2, 0) is 17.4 Å². The lowest BCUT2D eigenvalue weighted by molar-refractivity contribution is -0.137. The summed E-state index contributed by atoms with van der Waals surface area (Å²) in [6.07, 6.45) is -4.42. The summed E-state index contributed by atoms with van der Waals surface area (Å²) in [5.41, 5.74) is -0.126. The highest BCUT2D eigenvalue weighted by atomic mass is 32.1. The lowest BCUT2D eigenvalue weighted by Gasteiger charge is -2.09. The molecule has 2 aromatic rings. The summed E-state index contributed by atoms with van der Waals surface area (Å²) in [5.74, 6) is -0.415. The van der Waals surface area contributed by atoms with Gasteiger partial charge in [0, 0.05) is 18.1 Å². The highest BCUT2D eigenvalue weighted by Crippen LogP contribution is 2.30. The molecule has 21 heavy (non-hydrogen) atoms. The average Bonchev–Trinajstić information content (AvgIpc) is 2.85. The second-order valence-corrected chi connectivity index (χ2v) is 5.06. The maximum Gasteiger partial charge on any atom is 0.416 e. The molecule has 0 spiro atoms. The van der Waals surface area contributed by atoms with Crippen molar-refractivity contribution in [2.45, 2.75) is 12.6 Å². The summed E-state index contributed by atoms with van der Waals surface area (Å²) in [5, 5.41) is 7.68. The van der Waals surface area contributed by atoms with E-state index in [1.54, 1.807) is 12.4 Å². The van der Waals surface area contributed by atoms with E-state index in [0.29, 0.717) is 10.8 Å². The zero-order valence-electron chi connectivity index (χ0n) is 11.0. The van der Waals surface area contributed by atoms with Crippen LogP contribution in [0.2, 0.25) is 0 Å². The predicted molar refractivity (Wildman–Crippen MR) is 75.4 cm³/mol. The lowest BCUT2D eigenvalue weighted by atomic mass is 10.2. The Morgan fingerprint density at radius 1 is 1.38 bits per heavy atom. The molecule has 0 fully saturated rings. The smallest absolute Gasteiger partial charge is 0.365 e. The molecule has 1 heterocycles. The molecule has 1 aromatic carbocycles. The molecule has 2 rings (SSSR count). The summed E-state index contributed by atoms with van der Waals surface area (Å²) < 4.78 is 37.7. The van der Waals surface area contributed by atoms with Crippen molar-refractivity contribution in [3.8, 4) is 0 Å². The van der Waals surface area contributed by atoms with E-state index in [-0.39, 0.29) is 12.1 Å². The van der Waals surface area contributed by atoms with Crippen LogP contribution in [0.15, 0.2) is 29.6 Å². The second kappa shape index (κ2) is 6.13. The molecule has 8 heteroatoms. The monoisotopic (exact) mass is 315 g/mol. The van der Waals surface area contributed by atoms with E-state index in [4.69, 9.17) is 0 Å². The number of halogens is 3. The maximum absolute atomic E-state index is 12.6. The van der Waals surface area contributed by atoms with Crippen LogP contribution >= 0.6 is 11.3 Å². The number of carbonyl (C=O) groups is 1. The number of nitrogens with one attached hydrogen (secondary N) is 2. The molecule has 0 atom stereocenters. The largest absolute Gasteiger partial charge is 0.416 e. The molecule has 2 N–H and O–H groups in total. The van der Waals surface area contributed by atoms with Crippen molar-refractivity contribution >= 4 is 28.1 Å². The fourth-order valence-electron chi connectivity index (χ4n) is 1.65. The van der Waals surface area contributed by atoms with Gasteiger partial charge in [0.25, 0.3) is 0 Å². The second-order valence-electron chi connectivity index (χ2n) is 4.20. The van der Waals surface area contributed by atoms with Gasteiger partial charge < -0.3 is 10.6 Å². The van der Waals surface area contributed by atoms with Crippen molar-refractivity contribution in [2.75, 3.05) is 17.7 Å². The van der Waals surface area contributed by atoms with Crippen LogP contribution < -0.4 is 10.6 Å². The van der Waals surface area contributed by atoms with Gasteiger partial charge in [-0.1, -0.05) is 6.07 Å². The molecule has 112 valence electrons. The van der Waals surface area contributed by atoms with Gasteiger partial charge in [-0.3, -0.25) is 4.79 Å². The fourth-order valence-corrected chi connectivity index (χ4v) is 2.32. The fraction of sp³-hybridized carbons (Fsp3) is 0.231. The zero-order valence-corrected chi connectivity index (χ0v) is 11.8. The van der Waals surface area contributed by atoms with Crippen molar-refractivity contribution in [3.63, 3.8) is 0 Å². The molecule has 0 unspecified atom stereocenters. The van der Waals surface area contributed by atoms with E-state index in [1.807, 2.05) is 0 Å². The quantitative estimate of drug-likeness (QED) is 0.909. The van der Waals surface area contributed by atoms with Crippen LogP contribution in [0.4, 0.5) is 24.0 Å². The van der Waals surface area contributed by atoms with Gasteiger partial charge in [0.2, 0.25) is 5.91 Å². The number of hydrogen-bond acceptors (Lipinski definition) is 4. The summed E-state index contributed by atoms with van der Waals surface area (Å²) in [4.78, 5) is 15.9. The first-order chi connectivity index (χ1) is 9.88. The van der Waals surface area contributed by atoms with Gasteiger partial charge in [-0.05, 0) is 18.2 Å². The molecule has 0 radical (unpaired) electrons. The highest BCUT2D eigenvalue weighted by Gasteiger charge is 2.30.